The Hall–Kier alpha value is -1.40. The van der Waals surface area contributed by atoms with Gasteiger partial charge in [0, 0.05) is 7.05 Å². The minimum absolute atomic E-state index is 0.0440. The van der Waals surface area contributed by atoms with Crippen LogP contribution in [-0.2, 0) is 18.2 Å². The maximum atomic E-state index is 12.7. The molecule has 6 nitrogen and oxygen atoms in total. The van der Waals surface area contributed by atoms with Crippen molar-refractivity contribution < 1.29 is 9.53 Å². The summed E-state index contributed by atoms with van der Waals surface area (Å²) >= 11 is 0. The maximum Gasteiger partial charge on any atom is 0.269 e. The molecule has 1 N–H and O–H groups in total. The van der Waals surface area contributed by atoms with E-state index in [2.05, 4.69) is 29.2 Å². The molecule has 0 saturated carbocycles. The van der Waals surface area contributed by atoms with Gasteiger partial charge in [-0.05, 0) is 44.3 Å². The molecular weight excluding hydrogens is 304 g/mol. The van der Waals surface area contributed by atoms with Crippen LogP contribution in [-0.4, -0.2) is 59.0 Å². The molecule has 0 spiro atoms. The van der Waals surface area contributed by atoms with E-state index in [1.54, 1.807) is 4.68 Å². The molecule has 0 aliphatic carbocycles. The van der Waals surface area contributed by atoms with Crippen LogP contribution in [0.25, 0.3) is 0 Å². The van der Waals surface area contributed by atoms with E-state index in [1.165, 1.54) is 19.3 Å². The summed E-state index contributed by atoms with van der Waals surface area (Å²) in [6.07, 6.45) is 4.70. The van der Waals surface area contributed by atoms with Crippen molar-refractivity contribution in [2.24, 2.45) is 13.0 Å². The van der Waals surface area contributed by atoms with E-state index in [0.717, 1.165) is 31.8 Å². The van der Waals surface area contributed by atoms with E-state index >= 15 is 0 Å². The van der Waals surface area contributed by atoms with Crippen LogP contribution in [0.2, 0.25) is 0 Å². The molecule has 1 aromatic rings. The highest BCUT2D eigenvalue weighted by atomic mass is 16.5. The fourth-order valence-electron chi connectivity index (χ4n) is 3.79. The molecule has 0 radical (unpaired) electrons. The van der Waals surface area contributed by atoms with Crippen molar-refractivity contribution in [2.75, 3.05) is 26.3 Å². The second-order valence-corrected chi connectivity index (χ2v) is 7.52. The Morgan fingerprint density at radius 1 is 1.33 bits per heavy atom. The molecule has 2 aliphatic rings. The quantitative estimate of drug-likeness (QED) is 0.889. The average Bonchev–Trinajstić information content (AvgIpc) is 3.14. The van der Waals surface area contributed by atoms with Gasteiger partial charge in [0.05, 0.1) is 31.0 Å². The lowest BCUT2D eigenvalue weighted by Gasteiger charge is -2.34. The van der Waals surface area contributed by atoms with Gasteiger partial charge in [-0.25, -0.2) is 0 Å². The van der Waals surface area contributed by atoms with Crippen LogP contribution in [0.15, 0.2) is 6.07 Å². The molecule has 6 heteroatoms. The molecule has 2 atom stereocenters. The van der Waals surface area contributed by atoms with Crippen molar-refractivity contribution in [1.82, 2.24) is 20.0 Å². The minimum atomic E-state index is -0.0440. The molecule has 0 unspecified atom stereocenters. The van der Waals surface area contributed by atoms with Gasteiger partial charge in [-0.15, -0.1) is 0 Å². The van der Waals surface area contributed by atoms with Crippen molar-refractivity contribution in [1.29, 1.82) is 0 Å². The SMILES string of the molecule is CC(C)Cc1cc(C(=O)N[C@@H]2COC[C@H]2N2CCCCC2)n(C)n1. The zero-order chi connectivity index (χ0) is 17.1. The van der Waals surface area contributed by atoms with Crippen molar-refractivity contribution >= 4 is 5.91 Å². The first kappa shape index (κ1) is 17.4. The first-order valence-electron chi connectivity index (χ1n) is 9.20. The van der Waals surface area contributed by atoms with Crippen LogP contribution in [0.5, 0.6) is 0 Å². The van der Waals surface area contributed by atoms with Crippen molar-refractivity contribution in [3.05, 3.63) is 17.5 Å². The molecule has 134 valence electrons. The van der Waals surface area contributed by atoms with Crippen molar-refractivity contribution in [3.8, 4) is 0 Å². The Bertz CT molecular complexity index is 563. The summed E-state index contributed by atoms with van der Waals surface area (Å²) in [5.74, 6) is 0.486. The number of nitrogens with one attached hydrogen (secondary N) is 1. The maximum absolute atomic E-state index is 12.7. The summed E-state index contributed by atoms with van der Waals surface area (Å²) in [5.41, 5.74) is 1.61. The number of likely N-dealkylation sites (tertiary alicyclic amines) is 1. The number of hydrogen-bond acceptors (Lipinski definition) is 4. The zero-order valence-corrected chi connectivity index (χ0v) is 15.1. The number of ether oxygens (including phenoxy) is 1. The number of rotatable bonds is 5. The lowest BCUT2D eigenvalue weighted by molar-refractivity contribution is 0.0890. The first-order chi connectivity index (χ1) is 11.5. The molecule has 0 aromatic carbocycles. The predicted molar refractivity (Wildman–Crippen MR) is 93.0 cm³/mol. The van der Waals surface area contributed by atoms with E-state index in [1.807, 2.05) is 13.1 Å². The number of hydrogen-bond donors (Lipinski definition) is 1. The van der Waals surface area contributed by atoms with E-state index < -0.39 is 0 Å². The summed E-state index contributed by atoms with van der Waals surface area (Å²) in [6.45, 7) is 7.87. The van der Waals surface area contributed by atoms with Gasteiger partial charge in [0.1, 0.15) is 5.69 Å². The third-order valence-electron chi connectivity index (χ3n) is 5.01. The van der Waals surface area contributed by atoms with Crippen LogP contribution in [0.4, 0.5) is 0 Å². The minimum Gasteiger partial charge on any atom is -0.378 e. The summed E-state index contributed by atoms with van der Waals surface area (Å²) in [5, 5.41) is 7.65. The number of aromatic nitrogens is 2. The molecule has 1 aromatic heterocycles. The second kappa shape index (κ2) is 7.66. The standard InChI is InChI=1S/C18H30N4O2/c1-13(2)9-14-10-16(21(3)20-14)18(23)19-15-11-24-12-17(15)22-7-5-4-6-8-22/h10,13,15,17H,4-9,11-12H2,1-3H3,(H,19,23)/t15-,17-/m1/s1. The smallest absolute Gasteiger partial charge is 0.269 e. The van der Waals surface area contributed by atoms with Crippen LogP contribution >= 0.6 is 0 Å². The van der Waals surface area contributed by atoms with Crippen molar-refractivity contribution in [2.45, 2.75) is 51.6 Å². The molecule has 24 heavy (non-hydrogen) atoms. The third-order valence-corrected chi connectivity index (χ3v) is 5.01. The van der Waals surface area contributed by atoms with Gasteiger partial charge in [0.2, 0.25) is 0 Å². The Morgan fingerprint density at radius 3 is 2.79 bits per heavy atom. The molecule has 1 amide bonds. The van der Waals surface area contributed by atoms with E-state index in [4.69, 9.17) is 4.74 Å². The first-order valence-corrected chi connectivity index (χ1v) is 9.20. The van der Waals surface area contributed by atoms with Crippen molar-refractivity contribution in [3.63, 3.8) is 0 Å². The summed E-state index contributed by atoms with van der Waals surface area (Å²) in [6, 6.07) is 2.29. The third kappa shape index (κ3) is 3.98. The van der Waals surface area contributed by atoms with Gasteiger partial charge in [0.15, 0.2) is 0 Å². The normalized spacial score (nSPS) is 25.3. The van der Waals surface area contributed by atoms with Crippen LogP contribution < -0.4 is 5.32 Å². The van der Waals surface area contributed by atoms with Gasteiger partial charge in [0.25, 0.3) is 5.91 Å². The highest BCUT2D eigenvalue weighted by Crippen LogP contribution is 2.19. The van der Waals surface area contributed by atoms with E-state index in [-0.39, 0.29) is 11.9 Å². The Labute approximate surface area is 144 Å². The van der Waals surface area contributed by atoms with E-state index in [9.17, 15) is 4.79 Å². The Balaban J connectivity index is 1.64. The second-order valence-electron chi connectivity index (χ2n) is 7.52. The number of carbonyl (C=O) groups excluding carboxylic acids is 1. The number of nitrogens with zero attached hydrogens (tertiary/aromatic N) is 3. The summed E-state index contributed by atoms with van der Waals surface area (Å²) in [4.78, 5) is 15.2. The molecule has 2 aliphatic heterocycles. The van der Waals surface area contributed by atoms with E-state index in [0.29, 0.717) is 24.3 Å². The molecule has 3 heterocycles. The van der Waals surface area contributed by atoms with Crippen LogP contribution in [0.3, 0.4) is 0 Å². The lowest BCUT2D eigenvalue weighted by Crippen LogP contribution is -2.52. The highest BCUT2D eigenvalue weighted by Gasteiger charge is 2.35. The number of piperidine rings is 1. The van der Waals surface area contributed by atoms with Crippen LogP contribution in [0.1, 0.15) is 49.3 Å². The lowest BCUT2D eigenvalue weighted by atomic mass is 10.0. The Morgan fingerprint density at radius 2 is 2.08 bits per heavy atom. The monoisotopic (exact) mass is 334 g/mol. The largest absolute Gasteiger partial charge is 0.378 e. The molecular formula is C18H30N4O2. The molecule has 2 fully saturated rings. The van der Waals surface area contributed by atoms with Gasteiger partial charge in [-0.3, -0.25) is 14.4 Å². The number of carbonyl (C=O) groups is 1. The predicted octanol–water partition coefficient (Wildman–Crippen LogP) is 1.60. The zero-order valence-electron chi connectivity index (χ0n) is 15.1. The topological polar surface area (TPSA) is 59.4 Å². The Kier molecular flexibility index (Phi) is 5.56. The number of amides is 1. The summed E-state index contributed by atoms with van der Waals surface area (Å²) in [7, 11) is 1.84. The highest BCUT2D eigenvalue weighted by molar-refractivity contribution is 5.93. The van der Waals surface area contributed by atoms with Gasteiger partial charge in [-0.2, -0.15) is 5.10 Å². The number of aryl methyl sites for hydroxylation is 1. The van der Waals surface area contributed by atoms with Gasteiger partial charge in [-0.1, -0.05) is 20.3 Å². The fourth-order valence-corrected chi connectivity index (χ4v) is 3.79. The molecule has 3 rings (SSSR count). The fraction of sp³-hybridized carbons (Fsp3) is 0.778. The van der Waals surface area contributed by atoms with Gasteiger partial charge >= 0.3 is 0 Å². The summed E-state index contributed by atoms with van der Waals surface area (Å²) < 4.78 is 7.36. The average molecular weight is 334 g/mol. The molecule has 0 bridgehead atoms. The van der Waals surface area contributed by atoms with Gasteiger partial charge < -0.3 is 10.1 Å². The molecule has 2 saturated heterocycles. The van der Waals surface area contributed by atoms with Crippen LogP contribution in [0, 0.1) is 5.92 Å².